The van der Waals surface area contributed by atoms with Crippen LogP contribution in [0.2, 0.25) is 0 Å². The van der Waals surface area contributed by atoms with E-state index in [1.165, 1.54) is 13.2 Å². The fourth-order valence-corrected chi connectivity index (χ4v) is 5.40. The molecule has 4 aromatic rings. The third kappa shape index (κ3) is 6.25. The van der Waals surface area contributed by atoms with Crippen molar-refractivity contribution in [2.75, 3.05) is 18.6 Å². The van der Waals surface area contributed by atoms with E-state index < -0.39 is 17.8 Å². The first-order valence-corrected chi connectivity index (χ1v) is 14.6. The smallest absolute Gasteiger partial charge is 0.335 e. The van der Waals surface area contributed by atoms with Crippen LogP contribution in [0.1, 0.15) is 30.9 Å². The predicted molar refractivity (Wildman–Crippen MR) is 170 cm³/mol. The number of urea groups is 1. The molecule has 42 heavy (non-hydrogen) atoms. The maximum absolute atomic E-state index is 13.4. The summed E-state index contributed by atoms with van der Waals surface area (Å²) in [5, 5.41) is 4.50. The van der Waals surface area contributed by atoms with Crippen LogP contribution in [0.4, 0.5) is 10.5 Å². The Kier molecular flexibility index (Phi) is 9.06. The molecule has 0 bridgehead atoms. The molecule has 0 saturated carbocycles. The van der Waals surface area contributed by atoms with Crippen LogP contribution >= 0.6 is 22.6 Å². The average molecular weight is 677 g/mol. The second kappa shape index (κ2) is 13.1. The number of unbranched alkanes of at least 4 members (excludes halogenated alkanes) is 1. The number of nitrogens with zero attached hydrogens (tertiary/aromatic N) is 1. The third-order valence-electron chi connectivity index (χ3n) is 6.78. The lowest BCUT2D eigenvalue weighted by Crippen LogP contribution is -2.54. The number of hydrogen-bond donors (Lipinski definition) is 1. The van der Waals surface area contributed by atoms with Gasteiger partial charge in [0.25, 0.3) is 11.8 Å². The molecular weight excluding hydrogens is 647 g/mol. The monoisotopic (exact) mass is 676 g/mol. The average Bonchev–Trinajstić information content (AvgIpc) is 2.99. The quantitative estimate of drug-likeness (QED) is 0.0853. The van der Waals surface area contributed by atoms with Crippen molar-refractivity contribution < 1.29 is 28.6 Å². The number of nitrogens with one attached hydrogen (secondary N) is 1. The van der Waals surface area contributed by atoms with E-state index in [-0.39, 0.29) is 5.57 Å². The van der Waals surface area contributed by atoms with Crippen LogP contribution in [-0.4, -0.2) is 31.6 Å². The molecule has 4 amide bonds. The molecule has 1 N–H and O–H groups in total. The third-order valence-corrected chi connectivity index (χ3v) is 7.58. The molecule has 1 saturated heterocycles. The Morgan fingerprint density at radius 2 is 1.69 bits per heavy atom. The minimum atomic E-state index is -0.814. The first kappa shape index (κ1) is 29.1. The van der Waals surface area contributed by atoms with Gasteiger partial charge in [0, 0.05) is 0 Å². The zero-order valence-electron chi connectivity index (χ0n) is 23.2. The van der Waals surface area contributed by atoms with Gasteiger partial charge < -0.3 is 14.2 Å². The fourth-order valence-electron chi connectivity index (χ4n) is 4.62. The number of carbonyl (C=O) groups is 3. The van der Waals surface area contributed by atoms with Crippen LogP contribution in [0.25, 0.3) is 16.8 Å². The summed E-state index contributed by atoms with van der Waals surface area (Å²) < 4.78 is 18.2. The van der Waals surface area contributed by atoms with Crippen molar-refractivity contribution in [3.63, 3.8) is 0 Å². The minimum absolute atomic E-state index is 0.180. The summed E-state index contributed by atoms with van der Waals surface area (Å²) >= 11 is 2.14. The van der Waals surface area contributed by atoms with Crippen LogP contribution in [0.15, 0.2) is 84.4 Å². The number of ether oxygens (including phenoxy) is 3. The molecule has 1 aliphatic heterocycles. The highest BCUT2D eigenvalue weighted by molar-refractivity contribution is 14.1. The lowest BCUT2D eigenvalue weighted by atomic mass is 10.1. The van der Waals surface area contributed by atoms with Gasteiger partial charge in [0.2, 0.25) is 0 Å². The van der Waals surface area contributed by atoms with Crippen molar-refractivity contribution in [3.05, 3.63) is 99.1 Å². The van der Waals surface area contributed by atoms with Gasteiger partial charge in [0.1, 0.15) is 17.9 Å². The SMILES string of the molecule is CCCCOc1ccc(N2C(=O)NC(=O)/C(=C/c3cc(I)c(OCc4cccc5ccccc45)c(OC)c3)C2=O)cc1. The van der Waals surface area contributed by atoms with Crippen molar-refractivity contribution >= 4 is 63.0 Å². The number of imide groups is 2. The van der Waals surface area contributed by atoms with E-state index in [2.05, 4.69) is 53.0 Å². The second-order valence-corrected chi connectivity index (χ2v) is 10.8. The Labute approximate surface area is 257 Å². The molecule has 0 spiro atoms. The number of rotatable bonds is 10. The van der Waals surface area contributed by atoms with Crippen molar-refractivity contribution in [3.8, 4) is 17.2 Å². The van der Waals surface area contributed by atoms with Crippen LogP contribution < -0.4 is 24.4 Å². The summed E-state index contributed by atoms with van der Waals surface area (Å²) in [6.07, 6.45) is 3.38. The van der Waals surface area contributed by atoms with Crippen LogP contribution in [-0.2, 0) is 16.2 Å². The number of anilines is 1. The normalized spacial score (nSPS) is 14.3. The molecule has 1 heterocycles. The molecule has 0 radical (unpaired) electrons. The van der Waals surface area contributed by atoms with E-state index in [0.717, 1.165) is 37.6 Å². The van der Waals surface area contributed by atoms with Gasteiger partial charge in [-0.2, -0.15) is 0 Å². The molecule has 0 atom stereocenters. The Bertz CT molecular complexity index is 1680. The summed E-state index contributed by atoms with van der Waals surface area (Å²) in [7, 11) is 1.53. The van der Waals surface area contributed by atoms with Crippen LogP contribution in [0.3, 0.4) is 0 Å². The van der Waals surface area contributed by atoms with Gasteiger partial charge in [0.15, 0.2) is 11.5 Å². The van der Waals surface area contributed by atoms with Crippen molar-refractivity contribution in [1.29, 1.82) is 0 Å². The molecule has 0 aliphatic carbocycles. The number of methoxy groups -OCH3 is 1. The van der Waals surface area contributed by atoms with E-state index >= 15 is 0 Å². The molecule has 0 aromatic heterocycles. The number of amides is 4. The Morgan fingerprint density at radius 1 is 0.929 bits per heavy atom. The van der Waals surface area contributed by atoms with Crippen molar-refractivity contribution in [2.24, 2.45) is 0 Å². The maximum Gasteiger partial charge on any atom is 0.335 e. The number of barbiturate groups is 1. The predicted octanol–water partition coefficient (Wildman–Crippen LogP) is 6.88. The number of halogens is 1. The van der Waals surface area contributed by atoms with Crippen molar-refractivity contribution in [1.82, 2.24) is 5.32 Å². The van der Waals surface area contributed by atoms with E-state index in [4.69, 9.17) is 14.2 Å². The van der Waals surface area contributed by atoms with Crippen LogP contribution in [0, 0.1) is 3.57 Å². The number of carbonyl (C=O) groups excluding carboxylic acids is 3. The van der Waals surface area contributed by atoms with Gasteiger partial charge in [-0.3, -0.25) is 14.9 Å². The molecule has 214 valence electrons. The molecule has 1 fully saturated rings. The summed E-state index contributed by atoms with van der Waals surface area (Å²) in [6.45, 7) is 2.98. The second-order valence-electron chi connectivity index (χ2n) is 9.61. The first-order chi connectivity index (χ1) is 20.4. The molecule has 4 aromatic carbocycles. The van der Waals surface area contributed by atoms with E-state index in [9.17, 15) is 14.4 Å². The highest BCUT2D eigenvalue weighted by Crippen LogP contribution is 2.36. The minimum Gasteiger partial charge on any atom is -0.494 e. The standard InChI is InChI=1S/C33H29IN2O6/c1-3-4-16-41-25-14-12-24(13-15-25)36-32(38)27(31(37)35-33(36)39)17-21-18-28(34)30(29(19-21)40-2)42-20-23-10-7-9-22-8-5-6-11-26(22)23/h5-15,17-19H,3-4,16,20H2,1-2H3,(H,35,37,39)/b27-17-. The Balaban J connectivity index is 1.38. The van der Waals surface area contributed by atoms with Crippen LogP contribution in [0.5, 0.6) is 17.2 Å². The largest absolute Gasteiger partial charge is 0.494 e. The van der Waals surface area contributed by atoms with E-state index in [1.54, 1.807) is 36.4 Å². The zero-order valence-corrected chi connectivity index (χ0v) is 25.3. The molecule has 0 unspecified atom stereocenters. The molecule has 5 rings (SSSR count). The van der Waals surface area contributed by atoms with E-state index in [0.29, 0.717) is 41.7 Å². The molecule has 8 nitrogen and oxygen atoms in total. The van der Waals surface area contributed by atoms with Crippen molar-refractivity contribution in [2.45, 2.75) is 26.4 Å². The lowest BCUT2D eigenvalue weighted by Gasteiger charge is -2.26. The van der Waals surface area contributed by atoms with Gasteiger partial charge in [-0.25, -0.2) is 9.69 Å². The van der Waals surface area contributed by atoms with E-state index in [1.807, 2.05) is 24.3 Å². The topological polar surface area (TPSA) is 94.2 Å². The Hall–Kier alpha value is -4.38. The highest BCUT2D eigenvalue weighted by Gasteiger charge is 2.37. The van der Waals surface area contributed by atoms with Gasteiger partial charge >= 0.3 is 6.03 Å². The number of benzene rings is 4. The summed E-state index contributed by atoms with van der Waals surface area (Å²) in [5.74, 6) is 0.128. The number of fused-ring (bicyclic) bond motifs is 1. The fraction of sp³-hybridized carbons (Fsp3) is 0.182. The van der Waals surface area contributed by atoms with Gasteiger partial charge in [-0.1, -0.05) is 55.8 Å². The number of hydrogen-bond acceptors (Lipinski definition) is 6. The molecule has 9 heteroatoms. The zero-order chi connectivity index (χ0) is 29.6. The van der Waals surface area contributed by atoms with Gasteiger partial charge in [-0.15, -0.1) is 0 Å². The molecular formula is C33H29IN2O6. The first-order valence-electron chi connectivity index (χ1n) is 13.5. The maximum atomic E-state index is 13.4. The van der Waals surface area contributed by atoms with Gasteiger partial charge in [-0.05, 0) is 93.4 Å². The summed E-state index contributed by atoms with van der Waals surface area (Å²) in [5.41, 5.74) is 1.72. The summed E-state index contributed by atoms with van der Waals surface area (Å²) in [6, 6.07) is 23.4. The Morgan fingerprint density at radius 3 is 2.45 bits per heavy atom. The highest BCUT2D eigenvalue weighted by atomic mass is 127. The lowest BCUT2D eigenvalue weighted by molar-refractivity contribution is -0.122. The molecule has 1 aliphatic rings. The van der Waals surface area contributed by atoms with Gasteiger partial charge in [0.05, 0.1) is 23.0 Å². The summed E-state index contributed by atoms with van der Waals surface area (Å²) in [4.78, 5) is 39.7.